The maximum atomic E-state index is 13.0. The summed E-state index contributed by atoms with van der Waals surface area (Å²) >= 11 is 0. The van der Waals surface area contributed by atoms with Crippen molar-refractivity contribution in [2.45, 2.75) is 19.5 Å². The first-order valence-electron chi connectivity index (χ1n) is 8.04. The highest BCUT2D eigenvalue weighted by Gasteiger charge is 2.32. The Morgan fingerprint density at radius 3 is 2.48 bits per heavy atom. The first-order valence-corrected chi connectivity index (χ1v) is 8.04. The Morgan fingerprint density at radius 2 is 1.88 bits per heavy atom. The van der Waals surface area contributed by atoms with Crippen molar-refractivity contribution < 1.29 is 22.8 Å². The highest BCUT2D eigenvalue weighted by Crippen LogP contribution is 2.32. The molecule has 1 aliphatic rings. The zero-order chi connectivity index (χ0) is 18.4. The molecule has 1 aliphatic heterocycles. The van der Waals surface area contributed by atoms with Gasteiger partial charge in [-0.15, -0.1) is 5.06 Å². The maximum absolute atomic E-state index is 13.0. The zero-order valence-electron chi connectivity index (χ0n) is 14.1. The number of allylic oxidation sites excluding steroid dienone is 1. The number of nitrogens with zero attached hydrogens (tertiary/aromatic N) is 2. The molecule has 25 heavy (non-hydrogen) atoms. The second-order valence-electron chi connectivity index (χ2n) is 5.97. The molecule has 2 rings (SSSR count). The summed E-state index contributed by atoms with van der Waals surface area (Å²) in [7, 11) is 0. The van der Waals surface area contributed by atoms with E-state index >= 15 is 0 Å². The summed E-state index contributed by atoms with van der Waals surface area (Å²) in [4.78, 5) is 18.7. The second-order valence-corrected chi connectivity index (χ2v) is 5.97. The number of hydroxylamine groups is 2. The Balaban J connectivity index is 1.82. The lowest BCUT2D eigenvalue weighted by Crippen LogP contribution is -2.47. The van der Waals surface area contributed by atoms with Crippen molar-refractivity contribution in [1.29, 1.82) is 0 Å². The van der Waals surface area contributed by atoms with E-state index in [0.717, 1.165) is 6.07 Å². The van der Waals surface area contributed by atoms with Crippen molar-refractivity contribution in [2.75, 3.05) is 32.7 Å². The van der Waals surface area contributed by atoms with Crippen LogP contribution in [0.3, 0.4) is 0 Å². The number of benzene rings is 1. The predicted molar refractivity (Wildman–Crippen MR) is 87.2 cm³/mol. The van der Waals surface area contributed by atoms with Gasteiger partial charge in [-0.05, 0) is 25.0 Å². The third-order valence-corrected chi connectivity index (χ3v) is 3.92. The van der Waals surface area contributed by atoms with Crippen LogP contribution in [-0.4, -0.2) is 48.7 Å². The van der Waals surface area contributed by atoms with Gasteiger partial charge in [0.15, 0.2) is 0 Å². The van der Waals surface area contributed by atoms with E-state index in [-0.39, 0.29) is 0 Å². The molecule has 0 amide bonds. The molecule has 138 valence electrons. The fourth-order valence-corrected chi connectivity index (χ4v) is 2.68. The van der Waals surface area contributed by atoms with Crippen LogP contribution in [0.25, 0.3) is 0 Å². The Kier molecular flexibility index (Phi) is 6.44. The Morgan fingerprint density at radius 1 is 1.24 bits per heavy atom. The summed E-state index contributed by atoms with van der Waals surface area (Å²) < 4.78 is 39.0. The Labute approximate surface area is 144 Å². The molecule has 0 aromatic heterocycles. The Bertz CT molecular complexity index is 620. The molecule has 0 atom stereocenters. The van der Waals surface area contributed by atoms with Crippen LogP contribution >= 0.6 is 0 Å². The van der Waals surface area contributed by atoms with Crippen molar-refractivity contribution in [3.8, 4) is 0 Å². The van der Waals surface area contributed by atoms with Gasteiger partial charge in [-0.25, -0.2) is 4.79 Å². The monoisotopic (exact) mass is 357 g/mol. The van der Waals surface area contributed by atoms with E-state index < -0.39 is 17.7 Å². The van der Waals surface area contributed by atoms with Crippen molar-refractivity contribution in [2.24, 2.45) is 5.73 Å². The minimum absolute atomic E-state index is 0.299. The quantitative estimate of drug-likeness (QED) is 0.819. The molecule has 0 saturated carbocycles. The summed E-state index contributed by atoms with van der Waals surface area (Å²) in [6, 6.07) is 5.65. The first-order chi connectivity index (χ1) is 11.8. The van der Waals surface area contributed by atoms with Gasteiger partial charge in [-0.3, -0.25) is 0 Å². The third kappa shape index (κ3) is 6.06. The number of carbonyl (C=O) groups excluding carboxylic acids is 1. The van der Waals surface area contributed by atoms with E-state index in [2.05, 4.69) is 4.90 Å². The lowest BCUT2D eigenvalue weighted by atomic mass is 10.0. The molecule has 8 heteroatoms. The van der Waals surface area contributed by atoms with Crippen molar-refractivity contribution in [3.05, 3.63) is 47.2 Å². The highest BCUT2D eigenvalue weighted by molar-refractivity contribution is 5.82. The molecule has 0 radical (unpaired) electrons. The Hall–Kier alpha value is -2.06. The molecular formula is C17H22F3N3O2. The van der Waals surface area contributed by atoms with Crippen LogP contribution in [0, 0.1) is 0 Å². The zero-order valence-corrected chi connectivity index (χ0v) is 14.1. The van der Waals surface area contributed by atoms with Crippen LogP contribution in [0.5, 0.6) is 0 Å². The molecule has 0 aliphatic carbocycles. The van der Waals surface area contributed by atoms with Gasteiger partial charge in [0, 0.05) is 44.5 Å². The van der Waals surface area contributed by atoms with E-state index in [1.54, 1.807) is 18.1 Å². The number of nitrogens with two attached hydrogens (primary N) is 1. The molecular weight excluding hydrogens is 335 g/mol. The molecule has 1 aromatic rings. The minimum Gasteiger partial charge on any atom is -0.402 e. The molecule has 0 bridgehead atoms. The number of hydrogen-bond donors (Lipinski definition) is 1. The first kappa shape index (κ1) is 19.3. The van der Waals surface area contributed by atoms with Crippen molar-refractivity contribution >= 4 is 5.97 Å². The summed E-state index contributed by atoms with van der Waals surface area (Å²) in [6.45, 7) is 4.36. The van der Waals surface area contributed by atoms with Crippen LogP contribution in [0.4, 0.5) is 13.2 Å². The van der Waals surface area contributed by atoms with Gasteiger partial charge in [0.25, 0.3) is 0 Å². The number of alkyl halides is 3. The molecule has 1 heterocycles. The van der Waals surface area contributed by atoms with Gasteiger partial charge >= 0.3 is 12.1 Å². The predicted octanol–water partition coefficient (Wildman–Crippen LogP) is 2.19. The molecule has 0 spiro atoms. The van der Waals surface area contributed by atoms with Crippen LogP contribution < -0.4 is 5.73 Å². The average Bonchev–Trinajstić information content (AvgIpc) is 2.53. The molecule has 1 aromatic carbocycles. The van der Waals surface area contributed by atoms with E-state index in [9.17, 15) is 18.0 Å². The third-order valence-electron chi connectivity index (χ3n) is 3.92. The van der Waals surface area contributed by atoms with E-state index in [1.165, 1.54) is 18.2 Å². The van der Waals surface area contributed by atoms with Gasteiger partial charge in [0.1, 0.15) is 0 Å². The van der Waals surface area contributed by atoms with Crippen molar-refractivity contribution in [1.82, 2.24) is 9.96 Å². The number of rotatable bonds is 5. The van der Waals surface area contributed by atoms with E-state index in [0.29, 0.717) is 50.4 Å². The van der Waals surface area contributed by atoms with Gasteiger partial charge in [0.2, 0.25) is 0 Å². The molecule has 0 unspecified atom stereocenters. The number of carbonyl (C=O) groups is 1. The minimum atomic E-state index is -4.34. The fraction of sp³-hybridized carbons (Fsp3) is 0.471. The molecule has 5 nitrogen and oxygen atoms in total. The smallest absolute Gasteiger partial charge is 0.402 e. The largest absolute Gasteiger partial charge is 0.416 e. The normalized spacial score (nSPS) is 17.5. The van der Waals surface area contributed by atoms with Gasteiger partial charge in [-0.1, -0.05) is 18.2 Å². The number of halogens is 3. The average molecular weight is 357 g/mol. The number of piperazine rings is 1. The lowest BCUT2D eigenvalue weighted by Gasteiger charge is -2.33. The molecule has 2 N–H and O–H groups in total. The standard InChI is InChI=1S/C17H22F3N3O2/c1-13(21)12-16(24)25-23-10-8-22(9-11-23)7-6-14-4-2-3-5-15(14)17(18,19)20/h2-5,12H,6-11,21H2,1H3/b13-12-. The van der Waals surface area contributed by atoms with Crippen LogP contribution in [0.15, 0.2) is 36.0 Å². The summed E-state index contributed by atoms with van der Waals surface area (Å²) in [6.07, 6.45) is -2.80. The van der Waals surface area contributed by atoms with E-state index in [4.69, 9.17) is 10.6 Å². The van der Waals surface area contributed by atoms with Gasteiger partial charge in [-0.2, -0.15) is 13.2 Å². The maximum Gasteiger partial charge on any atom is 0.416 e. The van der Waals surface area contributed by atoms with Crippen molar-refractivity contribution in [3.63, 3.8) is 0 Å². The topological polar surface area (TPSA) is 58.8 Å². The van der Waals surface area contributed by atoms with Gasteiger partial charge < -0.3 is 15.5 Å². The molecule has 1 saturated heterocycles. The van der Waals surface area contributed by atoms with Crippen LogP contribution in [0.1, 0.15) is 18.1 Å². The second kappa shape index (κ2) is 8.35. The summed E-state index contributed by atoms with van der Waals surface area (Å²) in [5.74, 6) is -0.521. The van der Waals surface area contributed by atoms with Crippen LogP contribution in [0.2, 0.25) is 0 Å². The van der Waals surface area contributed by atoms with Crippen LogP contribution in [-0.2, 0) is 22.2 Å². The summed E-state index contributed by atoms with van der Waals surface area (Å²) in [5, 5.41) is 1.54. The van der Waals surface area contributed by atoms with Gasteiger partial charge in [0.05, 0.1) is 5.56 Å². The van der Waals surface area contributed by atoms with E-state index in [1.807, 2.05) is 0 Å². The summed E-state index contributed by atoms with van der Waals surface area (Å²) in [5.41, 5.74) is 5.50. The fourth-order valence-electron chi connectivity index (χ4n) is 2.68. The molecule has 1 fully saturated rings. The lowest BCUT2D eigenvalue weighted by molar-refractivity contribution is -0.191. The number of hydrogen-bond acceptors (Lipinski definition) is 5. The SMILES string of the molecule is C/C(N)=C/C(=O)ON1CCN(CCc2ccccc2C(F)(F)F)CC1. The highest BCUT2D eigenvalue weighted by atomic mass is 19.4.